The predicted molar refractivity (Wildman–Crippen MR) is 152 cm³/mol. The maximum atomic E-state index is 14.0. The minimum Gasteiger partial charge on any atom is -0.357 e. The van der Waals surface area contributed by atoms with Crippen LogP contribution in [0.4, 0.5) is 5.69 Å². The van der Waals surface area contributed by atoms with Crippen molar-refractivity contribution in [2.24, 2.45) is 0 Å². The number of sulfonamides is 1. The van der Waals surface area contributed by atoms with Gasteiger partial charge in [0, 0.05) is 13.6 Å². The standard InChI is InChI=1S/C30H37N3O4S/c1-7-28(30(35)31-6)32(19-25-11-9-8-10-23(25)4)29(34)20-33(26-15-14-22(3)24(5)18-26)38(36,37)27-16-12-21(2)13-17-27/h8-18,28H,7,19-20H2,1-6H3,(H,31,35)/t28-/m1/s1. The Bertz CT molecular complexity index is 1400. The van der Waals surface area contributed by atoms with Crippen molar-refractivity contribution in [3.8, 4) is 0 Å². The number of aryl methyl sites for hydroxylation is 4. The van der Waals surface area contributed by atoms with Crippen LogP contribution < -0.4 is 9.62 Å². The normalized spacial score (nSPS) is 12.1. The lowest BCUT2D eigenvalue weighted by Gasteiger charge is -2.33. The molecule has 0 heterocycles. The summed E-state index contributed by atoms with van der Waals surface area (Å²) in [6, 6.07) is 18.8. The molecule has 7 nitrogen and oxygen atoms in total. The van der Waals surface area contributed by atoms with Crippen LogP contribution in [-0.2, 0) is 26.2 Å². The number of nitrogens with one attached hydrogen (secondary N) is 1. The molecule has 0 bridgehead atoms. The van der Waals surface area contributed by atoms with Crippen LogP contribution in [0.15, 0.2) is 71.6 Å². The molecule has 0 aromatic heterocycles. The van der Waals surface area contributed by atoms with E-state index in [1.807, 2.05) is 65.0 Å². The number of nitrogens with zero attached hydrogens (tertiary/aromatic N) is 2. The highest BCUT2D eigenvalue weighted by Crippen LogP contribution is 2.27. The van der Waals surface area contributed by atoms with Crippen LogP contribution in [0.25, 0.3) is 0 Å². The summed E-state index contributed by atoms with van der Waals surface area (Å²) in [7, 11) is -2.55. The average molecular weight is 536 g/mol. The van der Waals surface area contributed by atoms with Gasteiger partial charge in [0.05, 0.1) is 10.6 Å². The summed E-state index contributed by atoms with van der Waals surface area (Å²) < 4.78 is 29.0. The van der Waals surface area contributed by atoms with Crippen molar-refractivity contribution in [1.29, 1.82) is 0 Å². The van der Waals surface area contributed by atoms with Crippen molar-refractivity contribution in [2.75, 3.05) is 17.9 Å². The second-order valence-corrected chi connectivity index (χ2v) is 11.4. The summed E-state index contributed by atoms with van der Waals surface area (Å²) in [6.07, 6.45) is 0.381. The van der Waals surface area contributed by atoms with Crippen LogP contribution in [-0.4, -0.2) is 44.8 Å². The van der Waals surface area contributed by atoms with E-state index in [9.17, 15) is 18.0 Å². The van der Waals surface area contributed by atoms with Crippen molar-refractivity contribution in [3.63, 3.8) is 0 Å². The molecule has 202 valence electrons. The van der Waals surface area contributed by atoms with Crippen molar-refractivity contribution >= 4 is 27.5 Å². The molecule has 0 aliphatic rings. The van der Waals surface area contributed by atoms with Crippen LogP contribution in [0, 0.1) is 27.7 Å². The van der Waals surface area contributed by atoms with Gasteiger partial charge in [0.25, 0.3) is 10.0 Å². The molecule has 1 N–H and O–H groups in total. The van der Waals surface area contributed by atoms with Gasteiger partial charge in [-0.25, -0.2) is 8.42 Å². The second kappa shape index (κ2) is 12.3. The molecule has 1 atom stereocenters. The number of amides is 2. The van der Waals surface area contributed by atoms with Crippen LogP contribution in [0.5, 0.6) is 0 Å². The predicted octanol–water partition coefficient (Wildman–Crippen LogP) is 4.67. The number of rotatable bonds is 10. The van der Waals surface area contributed by atoms with E-state index in [0.29, 0.717) is 12.1 Å². The Kier molecular flexibility index (Phi) is 9.33. The molecule has 0 spiro atoms. The number of benzene rings is 3. The zero-order valence-corrected chi connectivity index (χ0v) is 23.8. The van der Waals surface area contributed by atoms with Gasteiger partial charge in [0.1, 0.15) is 12.6 Å². The van der Waals surface area contributed by atoms with Gasteiger partial charge in [-0.1, -0.05) is 55.0 Å². The smallest absolute Gasteiger partial charge is 0.264 e. The summed E-state index contributed by atoms with van der Waals surface area (Å²) in [5.74, 6) is -0.758. The summed E-state index contributed by atoms with van der Waals surface area (Å²) in [5, 5.41) is 2.65. The second-order valence-electron chi connectivity index (χ2n) is 9.58. The fourth-order valence-electron chi connectivity index (χ4n) is 4.30. The van der Waals surface area contributed by atoms with Crippen LogP contribution in [0.1, 0.15) is 41.2 Å². The SMILES string of the molecule is CC[C@H](C(=O)NC)N(Cc1ccccc1C)C(=O)CN(c1ccc(C)c(C)c1)S(=O)(=O)c1ccc(C)cc1. The first kappa shape index (κ1) is 28.9. The zero-order chi connectivity index (χ0) is 28.0. The van der Waals surface area contributed by atoms with Gasteiger partial charge in [-0.15, -0.1) is 0 Å². The van der Waals surface area contributed by atoms with Crippen LogP contribution in [0.3, 0.4) is 0 Å². The number of carbonyl (C=O) groups is 2. The minimum absolute atomic E-state index is 0.0953. The highest BCUT2D eigenvalue weighted by molar-refractivity contribution is 7.92. The van der Waals surface area contributed by atoms with E-state index in [2.05, 4.69) is 5.32 Å². The van der Waals surface area contributed by atoms with E-state index >= 15 is 0 Å². The Labute approximate surface area is 226 Å². The summed E-state index contributed by atoms with van der Waals surface area (Å²) in [6.45, 7) is 9.25. The molecule has 3 rings (SSSR count). The number of anilines is 1. The Morgan fingerprint density at radius 2 is 1.53 bits per heavy atom. The highest BCUT2D eigenvalue weighted by atomic mass is 32.2. The molecule has 2 amide bonds. The molecule has 3 aromatic carbocycles. The molecule has 0 aliphatic heterocycles. The fraction of sp³-hybridized carbons (Fsp3) is 0.333. The van der Waals surface area contributed by atoms with Crippen molar-refractivity contribution in [3.05, 3.63) is 94.5 Å². The Balaban J connectivity index is 2.10. The number of carbonyl (C=O) groups excluding carboxylic acids is 2. The third-order valence-electron chi connectivity index (χ3n) is 6.90. The van der Waals surface area contributed by atoms with E-state index in [0.717, 1.165) is 32.1 Å². The largest absolute Gasteiger partial charge is 0.357 e. The van der Waals surface area contributed by atoms with Crippen molar-refractivity contribution < 1.29 is 18.0 Å². The third kappa shape index (κ3) is 6.42. The molecule has 3 aromatic rings. The van der Waals surface area contributed by atoms with E-state index in [1.165, 1.54) is 11.9 Å². The quantitative estimate of drug-likeness (QED) is 0.409. The number of likely N-dealkylation sites (N-methyl/N-ethyl adjacent to an activating group) is 1. The number of hydrogen-bond acceptors (Lipinski definition) is 4. The summed E-state index contributed by atoms with van der Waals surface area (Å²) in [5.41, 5.74) is 5.12. The number of hydrogen-bond donors (Lipinski definition) is 1. The summed E-state index contributed by atoms with van der Waals surface area (Å²) in [4.78, 5) is 28.4. The Hall–Kier alpha value is -3.65. The van der Waals surface area contributed by atoms with E-state index in [1.54, 1.807) is 36.4 Å². The first-order chi connectivity index (χ1) is 18.0. The van der Waals surface area contributed by atoms with Gasteiger partial charge in [-0.05, 0) is 80.6 Å². The molecule has 8 heteroatoms. The lowest BCUT2D eigenvalue weighted by molar-refractivity contribution is -0.140. The Morgan fingerprint density at radius 1 is 0.868 bits per heavy atom. The van der Waals surface area contributed by atoms with Gasteiger partial charge in [0.15, 0.2) is 0 Å². The molecule has 0 radical (unpaired) electrons. The molecule has 0 saturated carbocycles. The molecular formula is C30H37N3O4S. The molecule has 0 fully saturated rings. The molecule has 0 saturated heterocycles. The van der Waals surface area contributed by atoms with Gasteiger partial charge in [0.2, 0.25) is 11.8 Å². The maximum Gasteiger partial charge on any atom is 0.264 e. The first-order valence-electron chi connectivity index (χ1n) is 12.7. The highest BCUT2D eigenvalue weighted by Gasteiger charge is 2.33. The van der Waals surface area contributed by atoms with Crippen LogP contribution >= 0.6 is 0 Å². The minimum atomic E-state index is -4.08. The van der Waals surface area contributed by atoms with Crippen molar-refractivity contribution in [1.82, 2.24) is 10.2 Å². The topological polar surface area (TPSA) is 86.8 Å². The van der Waals surface area contributed by atoms with Gasteiger partial charge in [-0.3, -0.25) is 13.9 Å². The lowest BCUT2D eigenvalue weighted by atomic mass is 10.1. The average Bonchev–Trinajstić information content (AvgIpc) is 2.89. The van der Waals surface area contributed by atoms with Gasteiger partial charge >= 0.3 is 0 Å². The third-order valence-corrected chi connectivity index (χ3v) is 8.69. The summed E-state index contributed by atoms with van der Waals surface area (Å²) >= 11 is 0. The fourth-order valence-corrected chi connectivity index (χ4v) is 5.71. The Morgan fingerprint density at radius 3 is 2.11 bits per heavy atom. The molecule has 38 heavy (non-hydrogen) atoms. The van der Waals surface area contributed by atoms with E-state index in [-0.39, 0.29) is 17.3 Å². The van der Waals surface area contributed by atoms with Gasteiger partial charge < -0.3 is 10.2 Å². The van der Waals surface area contributed by atoms with Gasteiger partial charge in [-0.2, -0.15) is 0 Å². The maximum absolute atomic E-state index is 14.0. The van der Waals surface area contributed by atoms with Crippen molar-refractivity contribution in [2.45, 2.75) is 58.5 Å². The van der Waals surface area contributed by atoms with E-state index in [4.69, 9.17) is 0 Å². The molecule has 0 unspecified atom stereocenters. The zero-order valence-electron chi connectivity index (χ0n) is 23.0. The van der Waals surface area contributed by atoms with Crippen LogP contribution in [0.2, 0.25) is 0 Å². The first-order valence-corrected chi connectivity index (χ1v) is 14.2. The van der Waals surface area contributed by atoms with E-state index < -0.39 is 28.5 Å². The monoisotopic (exact) mass is 535 g/mol. The molecular weight excluding hydrogens is 498 g/mol. The molecule has 0 aliphatic carbocycles. The lowest BCUT2D eigenvalue weighted by Crippen LogP contribution is -2.51.